The number of hydrogen-bond donors (Lipinski definition) is 2. The van der Waals surface area contributed by atoms with Gasteiger partial charge in [0.2, 0.25) is 17.7 Å². The topological polar surface area (TPSA) is 97.1 Å². The fourth-order valence-corrected chi connectivity index (χ4v) is 3.49. The summed E-state index contributed by atoms with van der Waals surface area (Å²) in [5.41, 5.74) is 1.98. The van der Waals surface area contributed by atoms with E-state index in [1.807, 2.05) is 12.1 Å². The lowest BCUT2D eigenvalue weighted by Gasteiger charge is -2.07. The van der Waals surface area contributed by atoms with Crippen molar-refractivity contribution in [3.8, 4) is 11.5 Å². The van der Waals surface area contributed by atoms with Crippen LogP contribution in [0.5, 0.6) is 0 Å². The van der Waals surface area contributed by atoms with Gasteiger partial charge in [0.1, 0.15) is 0 Å². The maximum absolute atomic E-state index is 12.2. The van der Waals surface area contributed by atoms with Crippen LogP contribution in [0.1, 0.15) is 6.92 Å². The molecule has 1 heterocycles. The molecule has 0 aliphatic heterocycles. The van der Waals surface area contributed by atoms with Crippen molar-refractivity contribution >= 4 is 66.8 Å². The van der Waals surface area contributed by atoms with E-state index in [1.54, 1.807) is 30.3 Å². The number of carbonyl (C=O) groups excluding carboxylic acids is 2. The van der Waals surface area contributed by atoms with Gasteiger partial charge in [-0.15, -0.1) is 10.2 Å². The molecule has 10 heteroatoms. The van der Waals surface area contributed by atoms with Crippen LogP contribution in [0.3, 0.4) is 0 Å². The Balaban J connectivity index is 1.61. The third-order valence-corrected chi connectivity index (χ3v) is 5.37. The Bertz CT molecular complexity index is 1030. The van der Waals surface area contributed by atoms with E-state index in [2.05, 4.69) is 52.7 Å². The molecule has 0 aliphatic carbocycles. The third kappa shape index (κ3) is 5.66. The zero-order valence-corrected chi connectivity index (χ0v) is 18.5. The minimum absolute atomic E-state index is 0.118. The van der Waals surface area contributed by atoms with Crippen LogP contribution in [0, 0.1) is 0 Å². The molecule has 0 atom stereocenters. The molecule has 2 N–H and O–H groups in total. The quantitative estimate of drug-likeness (QED) is 0.442. The second kappa shape index (κ2) is 9.35. The number of thioether (sulfide) groups is 1. The average Bonchev–Trinajstić information content (AvgIpc) is 3.12. The molecule has 0 fully saturated rings. The molecule has 28 heavy (non-hydrogen) atoms. The summed E-state index contributed by atoms with van der Waals surface area (Å²) in [6.45, 7) is 1.44. The summed E-state index contributed by atoms with van der Waals surface area (Å²) >= 11 is 7.91. The van der Waals surface area contributed by atoms with Crippen LogP contribution >= 0.6 is 43.6 Å². The molecule has 3 aromatic rings. The minimum Gasteiger partial charge on any atom is -0.411 e. The van der Waals surface area contributed by atoms with Crippen molar-refractivity contribution in [3.63, 3.8) is 0 Å². The molecular formula is C18H14Br2N4O3S. The molecule has 144 valence electrons. The van der Waals surface area contributed by atoms with Crippen molar-refractivity contribution in [2.45, 2.75) is 12.1 Å². The average molecular weight is 526 g/mol. The molecule has 2 amide bonds. The molecule has 0 aliphatic rings. The molecule has 0 saturated heterocycles. The predicted octanol–water partition coefficient (Wildman–Crippen LogP) is 4.95. The van der Waals surface area contributed by atoms with E-state index in [9.17, 15) is 9.59 Å². The Hall–Kier alpha value is -2.17. The first-order valence-corrected chi connectivity index (χ1v) is 10.6. The van der Waals surface area contributed by atoms with E-state index in [1.165, 1.54) is 6.92 Å². The molecular weight excluding hydrogens is 512 g/mol. The van der Waals surface area contributed by atoms with Gasteiger partial charge in [0.25, 0.3) is 5.22 Å². The fourth-order valence-electron chi connectivity index (χ4n) is 2.22. The summed E-state index contributed by atoms with van der Waals surface area (Å²) in [6.07, 6.45) is 0. The lowest BCUT2D eigenvalue weighted by molar-refractivity contribution is -0.114. The normalized spacial score (nSPS) is 10.5. The van der Waals surface area contributed by atoms with Crippen LogP contribution in [0.15, 0.2) is 61.0 Å². The highest BCUT2D eigenvalue weighted by Crippen LogP contribution is 2.28. The van der Waals surface area contributed by atoms with Gasteiger partial charge in [-0.3, -0.25) is 9.59 Å². The summed E-state index contributed by atoms with van der Waals surface area (Å²) < 4.78 is 7.25. The van der Waals surface area contributed by atoms with Crippen LogP contribution < -0.4 is 10.6 Å². The Morgan fingerprint density at radius 3 is 2.71 bits per heavy atom. The number of aromatic nitrogens is 2. The number of amides is 2. The highest BCUT2D eigenvalue weighted by Gasteiger charge is 2.13. The van der Waals surface area contributed by atoms with Gasteiger partial charge in [0.05, 0.1) is 11.4 Å². The molecule has 0 radical (unpaired) electrons. The lowest BCUT2D eigenvalue weighted by atomic mass is 10.2. The standard InChI is InChI=1S/C18H14Br2N4O3S/c1-10(25)21-13-4-2-3-11(7-13)17-23-24-18(27-17)28-9-16(26)22-15-8-12(19)5-6-14(15)20/h2-8H,9H2,1H3,(H,21,25)(H,22,26). The molecule has 7 nitrogen and oxygen atoms in total. The maximum atomic E-state index is 12.2. The molecule has 0 bridgehead atoms. The number of nitrogens with one attached hydrogen (secondary N) is 2. The molecule has 0 spiro atoms. The van der Waals surface area contributed by atoms with Gasteiger partial charge in [-0.1, -0.05) is 33.8 Å². The summed E-state index contributed by atoms with van der Waals surface area (Å²) in [6, 6.07) is 12.6. The van der Waals surface area contributed by atoms with Gasteiger partial charge >= 0.3 is 0 Å². The molecule has 2 aromatic carbocycles. The summed E-state index contributed by atoms with van der Waals surface area (Å²) in [5, 5.41) is 13.8. The summed E-state index contributed by atoms with van der Waals surface area (Å²) in [4.78, 5) is 23.4. The lowest BCUT2D eigenvalue weighted by Crippen LogP contribution is -2.14. The van der Waals surface area contributed by atoms with Crippen molar-refractivity contribution in [3.05, 3.63) is 51.4 Å². The predicted molar refractivity (Wildman–Crippen MR) is 115 cm³/mol. The highest BCUT2D eigenvalue weighted by molar-refractivity contribution is 9.11. The number of carbonyl (C=O) groups is 2. The Morgan fingerprint density at radius 1 is 1.11 bits per heavy atom. The minimum atomic E-state index is -0.198. The van der Waals surface area contributed by atoms with E-state index in [4.69, 9.17) is 4.42 Å². The molecule has 1 aromatic heterocycles. The van der Waals surface area contributed by atoms with Crippen molar-refractivity contribution in [2.75, 3.05) is 16.4 Å². The summed E-state index contributed by atoms with van der Waals surface area (Å²) in [7, 11) is 0. The molecule has 0 unspecified atom stereocenters. The van der Waals surface area contributed by atoms with Crippen molar-refractivity contribution < 1.29 is 14.0 Å². The van der Waals surface area contributed by atoms with Crippen molar-refractivity contribution in [1.29, 1.82) is 0 Å². The van der Waals surface area contributed by atoms with Gasteiger partial charge in [-0.05, 0) is 52.3 Å². The Kier molecular flexibility index (Phi) is 6.87. The van der Waals surface area contributed by atoms with Crippen LogP contribution in [-0.4, -0.2) is 27.8 Å². The number of anilines is 2. The van der Waals surface area contributed by atoms with Crippen LogP contribution in [0.4, 0.5) is 11.4 Å². The first-order chi connectivity index (χ1) is 13.4. The van der Waals surface area contributed by atoms with Gasteiger partial charge in [-0.2, -0.15) is 0 Å². The molecule has 0 saturated carbocycles. The first-order valence-electron chi connectivity index (χ1n) is 8.00. The van der Waals surface area contributed by atoms with Crippen LogP contribution in [0.25, 0.3) is 11.5 Å². The second-order valence-electron chi connectivity index (χ2n) is 5.60. The van der Waals surface area contributed by atoms with Crippen LogP contribution in [-0.2, 0) is 9.59 Å². The highest BCUT2D eigenvalue weighted by atomic mass is 79.9. The van der Waals surface area contributed by atoms with E-state index in [0.717, 1.165) is 20.7 Å². The monoisotopic (exact) mass is 524 g/mol. The Morgan fingerprint density at radius 2 is 1.93 bits per heavy atom. The van der Waals surface area contributed by atoms with Gasteiger partial charge in [0.15, 0.2) is 0 Å². The van der Waals surface area contributed by atoms with E-state index in [0.29, 0.717) is 22.8 Å². The fraction of sp³-hybridized carbons (Fsp3) is 0.111. The number of nitrogens with zero attached hydrogens (tertiary/aromatic N) is 2. The number of halogens is 2. The van der Waals surface area contributed by atoms with Crippen molar-refractivity contribution in [2.24, 2.45) is 0 Å². The maximum Gasteiger partial charge on any atom is 0.277 e. The van der Waals surface area contributed by atoms with E-state index < -0.39 is 0 Å². The van der Waals surface area contributed by atoms with Crippen molar-refractivity contribution in [1.82, 2.24) is 10.2 Å². The first kappa shape index (κ1) is 20.6. The molecule has 3 rings (SSSR count). The zero-order valence-electron chi connectivity index (χ0n) is 14.5. The SMILES string of the molecule is CC(=O)Nc1cccc(-c2nnc(SCC(=O)Nc3cc(Br)ccc3Br)o2)c1. The number of hydrogen-bond acceptors (Lipinski definition) is 6. The Labute approximate surface area is 181 Å². The van der Waals surface area contributed by atoms with E-state index >= 15 is 0 Å². The second-order valence-corrected chi connectivity index (χ2v) is 8.29. The van der Waals surface area contributed by atoms with Crippen LogP contribution in [0.2, 0.25) is 0 Å². The number of benzene rings is 2. The van der Waals surface area contributed by atoms with Gasteiger partial charge in [0, 0.05) is 27.1 Å². The zero-order chi connectivity index (χ0) is 20.1. The van der Waals surface area contributed by atoms with Gasteiger partial charge < -0.3 is 15.1 Å². The third-order valence-electron chi connectivity index (χ3n) is 3.37. The summed E-state index contributed by atoms with van der Waals surface area (Å²) in [5.74, 6) is 0.0649. The largest absolute Gasteiger partial charge is 0.411 e. The van der Waals surface area contributed by atoms with Gasteiger partial charge in [-0.25, -0.2) is 0 Å². The number of rotatable bonds is 6. The van der Waals surface area contributed by atoms with E-state index in [-0.39, 0.29) is 22.8 Å². The smallest absolute Gasteiger partial charge is 0.277 e.